The van der Waals surface area contributed by atoms with Crippen molar-refractivity contribution in [2.75, 3.05) is 33.8 Å². The number of fused-ring (bicyclic) bond motifs is 1. The second-order valence-electron chi connectivity index (χ2n) is 5.88. The topological polar surface area (TPSA) is 41.6 Å². The smallest absolute Gasteiger partial charge is 0.264 e. The molecule has 1 atom stereocenters. The lowest BCUT2D eigenvalue weighted by molar-refractivity contribution is 0.0791. The van der Waals surface area contributed by atoms with Gasteiger partial charge in [0.2, 0.25) is 0 Å². The van der Waals surface area contributed by atoms with E-state index in [2.05, 4.69) is 5.32 Å². The molecule has 0 spiro atoms. The Labute approximate surface area is 135 Å². The summed E-state index contributed by atoms with van der Waals surface area (Å²) in [6.07, 6.45) is 1.09. The Morgan fingerprint density at radius 2 is 2.32 bits per heavy atom. The maximum Gasteiger partial charge on any atom is 0.264 e. The van der Waals surface area contributed by atoms with E-state index < -0.39 is 0 Å². The highest BCUT2D eigenvalue weighted by atomic mass is 32.1. The number of aryl methyl sites for hydroxylation is 1. The zero-order chi connectivity index (χ0) is 15.7. The fourth-order valence-electron chi connectivity index (χ4n) is 3.15. The van der Waals surface area contributed by atoms with Crippen molar-refractivity contribution in [2.45, 2.75) is 13.3 Å². The van der Waals surface area contributed by atoms with Crippen LogP contribution in [0.2, 0.25) is 0 Å². The van der Waals surface area contributed by atoms with Gasteiger partial charge in [-0.15, -0.1) is 11.3 Å². The summed E-state index contributed by atoms with van der Waals surface area (Å²) < 4.78 is 6.44. The summed E-state index contributed by atoms with van der Waals surface area (Å²) >= 11 is 1.59. The van der Waals surface area contributed by atoms with Crippen molar-refractivity contribution in [1.82, 2.24) is 10.2 Å². The average molecular weight is 318 g/mol. The van der Waals surface area contributed by atoms with Gasteiger partial charge >= 0.3 is 0 Å². The third kappa shape index (κ3) is 2.71. The van der Waals surface area contributed by atoms with Crippen LogP contribution in [0.3, 0.4) is 0 Å². The molecule has 2 aromatic rings. The van der Waals surface area contributed by atoms with Crippen molar-refractivity contribution in [3.8, 4) is 5.75 Å². The van der Waals surface area contributed by atoms with Gasteiger partial charge in [0.05, 0.1) is 12.0 Å². The normalized spacial score (nSPS) is 18.1. The first kappa shape index (κ1) is 15.3. The first-order valence-corrected chi connectivity index (χ1v) is 8.46. The number of amides is 1. The first-order valence-electron chi connectivity index (χ1n) is 7.65. The molecule has 0 saturated carbocycles. The molecular formula is C17H22N2O2S. The van der Waals surface area contributed by atoms with Crippen molar-refractivity contribution in [3.05, 3.63) is 28.6 Å². The van der Waals surface area contributed by atoms with Gasteiger partial charge in [-0.3, -0.25) is 4.79 Å². The van der Waals surface area contributed by atoms with Crippen LogP contribution in [0.25, 0.3) is 10.1 Å². The maximum atomic E-state index is 12.8. The molecule has 22 heavy (non-hydrogen) atoms. The molecule has 1 aromatic heterocycles. The minimum absolute atomic E-state index is 0.177. The number of likely N-dealkylation sites (tertiary alicyclic amines) is 1. The number of carbonyl (C=O) groups excluding carboxylic acids is 1. The number of rotatable bonds is 4. The molecule has 1 aromatic carbocycles. The summed E-state index contributed by atoms with van der Waals surface area (Å²) in [6, 6.07) is 6.01. The minimum atomic E-state index is 0.177. The van der Waals surface area contributed by atoms with Gasteiger partial charge in [-0.25, -0.2) is 0 Å². The molecule has 1 aliphatic rings. The number of methoxy groups -OCH3 is 1. The van der Waals surface area contributed by atoms with E-state index in [4.69, 9.17) is 4.74 Å². The highest BCUT2D eigenvalue weighted by molar-refractivity contribution is 7.21. The quantitative estimate of drug-likeness (QED) is 0.942. The number of nitrogens with zero attached hydrogens (tertiary/aromatic N) is 1. The van der Waals surface area contributed by atoms with Crippen LogP contribution >= 0.6 is 11.3 Å². The minimum Gasteiger partial charge on any atom is -0.497 e. The van der Waals surface area contributed by atoms with E-state index in [0.29, 0.717) is 5.92 Å². The Balaban J connectivity index is 1.87. The lowest BCUT2D eigenvalue weighted by Gasteiger charge is -2.16. The van der Waals surface area contributed by atoms with Crippen LogP contribution < -0.4 is 10.1 Å². The van der Waals surface area contributed by atoms with Crippen molar-refractivity contribution < 1.29 is 9.53 Å². The predicted octanol–water partition coefficient (Wildman–Crippen LogP) is 2.90. The number of hydrogen-bond acceptors (Lipinski definition) is 4. The zero-order valence-corrected chi connectivity index (χ0v) is 14.1. The van der Waals surface area contributed by atoms with E-state index in [-0.39, 0.29) is 5.91 Å². The number of ether oxygens (including phenoxy) is 1. The zero-order valence-electron chi connectivity index (χ0n) is 13.3. The SMILES string of the molecule is CNCC1CCN(C(=O)c2sc3ccc(OC)cc3c2C)C1. The molecule has 1 N–H and O–H groups in total. The van der Waals surface area contributed by atoms with E-state index in [9.17, 15) is 4.79 Å². The van der Waals surface area contributed by atoms with Gasteiger partial charge in [-0.1, -0.05) is 0 Å². The average Bonchev–Trinajstić information content (AvgIpc) is 3.12. The van der Waals surface area contributed by atoms with Gasteiger partial charge in [-0.2, -0.15) is 0 Å². The molecule has 4 nitrogen and oxygen atoms in total. The number of thiophene rings is 1. The van der Waals surface area contributed by atoms with Crippen LogP contribution in [-0.4, -0.2) is 44.6 Å². The van der Waals surface area contributed by atoms with Crippen LogP contribution in [0.1, 0.15) is 21.7 Å². The van der Waals surface area contributed by atoms with Gasteiger partial charge in [0.1, 0.15) is 5.75 Å². The number of nitrogens with one attached hydrogen (secondary N) is 1. The van der Waals surface area contributed by atoms with Crippen LogP contribution in [0.5, 0.6) is 5.75 Å². The third-order valence-electron chi connectivity index (χ3n) is 4.40. The van der Waals surface area contributed by atoms with E-state index >= 15 is 0 Å². The Morgan fingerprint density at radius 1 is 1.50 bits per heavy atom. The molecular weight excluding hydrogens is 296 g/mol. The van der Waals surface area contributed by atoms with Crippen molar-refractivity contribution >= 4 is 27.3 Å². The molecule has 1 amide bonds. The summed E-state index contributed by atoms with van der Waals surface area (Å²) in [5, 5.41) is 4.33. The van der Waals surface area contributed by atoms with Gasteiger partial charge in [0.25, 0.3) is 5.91 Å². The lowest BCUT2D eigenvalue weighted by Crippen LogP contribution is -2.30. The molecule has 1 unspecified atom stereocenters. The first-order chi connectivity index (χ1) is 10.6. The number of carbonyl (C=O) groups is 1. The largest absolute Gasteiger partial charge is 0.497 e. The Hall–Kier alpha value is -1.59. The second kappa shape index (κ2) is 6.26. The molecule has 0 aliphatic carbocycles. The number of benzene rings is 1. The predicted molar refractivity (Wildman–Crippen MR) is 91.1 cm³/mol. The van der Waals surface area contributed by atoms with Crippen LogP contribution in [0, 0.1) is 12.8 Å². The van der Waals surface area contributed by atoms with E-state index in [1.165, 1.54) is 0 Å². The Kier molecular flexibility index (Phi) is 4.36. The van der Waals surface area contributed by atoms with Crippen molar-refractivity contribution in [2.24, 2.45) is 5.92 Å². The molecule has 118 valence electrons. The Morgan fingerprint density at radius 3 is 3.05 bits per heavy atom. The monoisotopic (exact) mass is 318 g/mol. The van der Waals surface area contributed by atoms with Crippen molar-refractivity contribution in [1.29, 1.82) is 0 Å². The molecule has 0 bridgehead atoms. The number of hydrogen-bond donors (Lipinski definition) is 1. The third-order valence-corrected chi connectivity index (χ3v) is 5.66. The van der Waals surface area contributed by atoms with Crippen molar-refractivity contribution in [3.63, 3.8) is 0 Å². The summed E-state index contributed by atoms with van der Waals surface area (Å²) in [4.78, 5) is 15.7. The van der Waals surface area contributed by atoms with Gasteiger partial charge in [-0.05, 0) is 62.0 Å². The van der Waals surface area contributed by atoms with Crippen LogP contribution in [-0.2, 0) is 0 Å². The fourth-order valence-corrected chi connectivity index (χ4v) is 4.30. The molecule has 3 rings (SSSR count). The molecule has 1 aliphatic heterocycles. The summed E-state index contributed by atoms with van der Waals surface area (Å²) in [6.45, 7) is 4.73. The van der Waals surface area contributed by atoms with Gasteiger partial charge in [0.15, 0.2) is 0 Å². The molecule has 1 saturated heterocycles. The Bertz CT molecular complexity index is 695. The molecule has 2 heterocycles. The maximum absolute atomic E-state index is 12.8. The molecule has 1 fully saturated rings. The second-order valence-corrected chi connectivity index (χ2v) is 6.93. The van der Waals surface area contributed by atoms with Gasteiger partial charge < -0.3 is 15.0 Å². The van der Waals surface area contributed by atoms with E-state index in [1.807, 2.05) is 37.1 Å². The lowest BCUT2D eigenvalue weighted by atomic mass is 10.1. The summed E-state index contributed by atoms with van der Waals surface area (Å²) in [5.74, 6) is 1.59. The van der Waals surface area contributed by atoms with Gasteiger partial charge in [0, 0.05) is 17.8 Å². The highest BCUT2D eigenvalue weighted by Crippen LogP contribution is 2.34. The standard InChI is InChI=1S/C17H22N2O2S/c1-11-14-8-13(21-3)4-5-15(14)22-16(11)17(20)19-7-6-12(10-19)9-18-2/h4-5,8,12,18H,6-7,9-10H2,1-3H3. The fraction of sp³-hybridized carbons (Fsp3) is 0.471. The molecule has 5 heteroatoms. The van der Waals surface area contributed by atoms with Crippen LogP contribution in [0.4, 0.5) is 0 Å². The summed E-state index contributed by atoms with van der Waals surface area (Å²) in [7, 11) is 3.63. The molecule has 0 radical (unpaired) electrons. The summed E-state index contributed by atoms with van der Waals surface area (Å²) in [5.41, 5.74) is 1.07. The highest BCUT2D eigenvalue weighted by Gasteiger charge is 2.28. The van der Waals surface area contributed by atoms with E-state index in [1.54, 1.807) is 18.4 Å². The van der Waals surface area contributed by atoms with E-state index in [0.717, 1.165) is 52.3 Å². The van der Waals surface area contributed by atoms with Crippen LogP contribution in [0.15, 0.2) is 18.2 Å².